The molecule has 1 atom stereocenters. The van der Waals surface area contributed by atoms with Gasteiger partial charge in [0.2, 0.25) is 0 Å². The van der Waals surface area contributed by atoms with Gasteiger partial charge in [-0.25, -0.2) is 18.4 Å². The summed E-state index contributed by atoms with van der Waals surface area (Å²) in [6.07, 6.45) is 5.57. The van der Waals surface area contributed by atoms with Crippen LogP contribution >= 0.6 is 0 Å². The van der Waals surface area contributed by atoms with Gasteiger partial charge in [-0.1, -0.05) is 18.2 Å². The Hall–Kier alpha value is -2.25. The summed E-state index contributed by atoms with van der Waals surface area (Å²) >= 11 is 0. The molecule has 3 heterocycles. The molecule has 142 valence electrons. The molecule has 6 nitrogen and oxygen atoms in total. The maximum atomic E-state index is 11.5. The molecule has 1 aromatic carbocycles. The largest absolute Gasteiger partial charge is 0.371 e. The van der Waals surface area contributed by atoms with E-state index < -0.39 is 9.84 Å². The first-order valence-corrected chi connectivity index (χ1v) is 11.0. The van der Waals surface area contributed by atoms with E-state index in [2.05, 4.69) is 44.5 Å². The van der Waals surface area contributed by atoms with Crippen LogP contribution in [0.5, 0.6) is 0 Å². The second-order valence-electron chi connectivity index (χ2n) is 7.23. The lowest BCUT2D eigenvalue weighted by Gasteiger charge is -2.35. The third-order valence-electron chi connectivity index (χ3n) is 5.16. The van der Waals surface area contributed by atoms with E-state index in [1.807, 2.05) is 13.0 Å². The predicted octanol–water partition coefficient (Wildman–Crippen LogP) is 2.32. The fourth-order valence-electron chi connectivity index (χ4n) is 3.77. The minimum Gasteiger partial charge on any atom is -0.371 e. The molecular weight excluding hydrogens is 360 g/mol. The Morgan fingerprint density at radius 2 is 2.00 bits per heavy atom. The SMILES string of the molecule is Cc1nccc(-c2cccc(N3CCC(N[C@H]4C=CS(=O)(=O)C4)CC3)c2)n1. The Kier molecular flexibility index (Phi) is 4.97. The monoisotopic (exact) mass is 384 g/mol. The maximum absolute atomic E-state index is 11.5. The summed E-state index contributed by atoms with van der Waals surface area (Å²) in [5.74, 6) is 0.959. The van der Waals surface area contributed by atoms with Gasteiger partial charge in [-0.2, -0.15) is 0 Å². The van der Waals surface area contributed by atoms with Crippen LogP contribution < -0.4 is 10.2 Å². The molecule has 2 aliphatic rings. The van der Waals surface area contributed by atoms with Gasteiger partial charge in [0.25, 0.3) is 0 Å². The first-order chi connectivity index (χ1) is 13.0. The van der Waals surface area contributed by atoms with Crippen LogP contribution in [0.15, 0.2) is 48.0 Å². The Morgan fingerprint density at radius 3 is 2.70 bits per heavy atom. The molecule has 2 aromatic rings. The van der Waals surface area contributed by atoms with Gasteiger partial charge in [0.05, 0.1) is 11.4 Å². The summed E-state index contributed by atoms with van der Waals surface area (Å²) in [6.45, 7) is 3.80. The molecule has 1 saturated heterocycles. The van der Waals surface area contributed by atoms with Crippen molar-refractivity contribution in [3.05, 3.63) is 53.8 Å². The van der Waals surface area contributed by atoms with Crippen molar-refractivity contribution in [2.75, 3.05) is 23.7 Å². The highest BCUT2D eigenvalue weighted by molar-refractivity contribution is 7.94. The van der Waals surface area contributed by atoms with Gasteiger partial charge in [-0.15, -0.1) is 0 Å². The lowest BCUT2D eigenvalue weighted by atomic mass is 10.0. The quantitative estimate of drug-likeness (QED) is 0.872. The Balaban J connectivity index is 1.38. The van der Waals surface area contributed by atoms with Crippen molar-refractivity contribution in [3.8, 4) is 11.3 Å². The zero-order valence-electron chi connectivity index (χ0n) is 15.4. The van der Waals surface area contributed by atoms with Gasteiger partial charge in [0, 0.05) is 48.0 Å². The van der Waals surface area contributed by atoms with Gasteiger partial charge < -0.3 is 10.2 Å². The van der Waals surface area contributed by atoms with Crippen molar-refractivity contribution < 1.29 is 8.42 Å². The molecular formula is C20H24N4O2S. The minimum absolute atomic E-state index is 0.0455. The van der Waals surface area contributed by atoms with E-state index >= 15 is 0 Å². The van der Waals surface area contributed by atoms with E-state index in [0.717, 1.165) is 43.0 Å². The van der Waals surface area contributed by atoms with Crippen LogP contribution in [0.25, 0.3) is 11.3 Å². The van der Waals surface area contributed by atoms with Gasteiger partial charge in [-0.3, -0.25) is 0 Å². The molecule has 0 spiro atoms. The van der Waals surface area contributed by atoms with Gasteiger partial charge >= 0.3 is 0 Å². The zero-order valence-corrected chi connectivity index (χ0v) is 16.2. The van der Waals surface area contributed by atoms with Gasteiger partial charge in [0.1, 0.15) is 5.82 Å². The van der Waals surface area contributed by atoms with Gasteiger partial charge in [0.15, 0.2) is 9.84 Å². The molecule has 1 N–H and O–H groups in total. The molecule has 27 heavy (non-hydrogen) atoms. The molecule has 4 rings (SSSR count). The fraction of sp³-hybridized carbons (Fsp3) is 0.400. The van der Waals surface area contributed by atoms with E-state index in [-0.39, 0.29) is 11.8 Å². The topological polar surface area (TPSA) is 75.2 Å². The second kappa shape index (κ2) is 7.40. The van der Waals surface area contributed by atoms with Crippen molar-refractivity contribution in [1.82, 2.24) is 15.3 Å². The van der Waals surface area contributed by atoms with E-state index in [1.54, 1.807) is 12.3 Å². The van der Waals surface area contributed by atoms with Crippen molar-refractivity contribution in [3.63, 3.8) is 0 Å². The number of benzene rings is 1. The third kappa shape index (κ3) is 4.36. The van der Waals surface area contributed by atoms with E-state index in [0.29, 0.717) is 6.04 Å². The number of piperidine rings is 1. The number of aromatic nitrogens is 2. The molecule has 0 radical (unpaired) electrons. The van der Waals surface area contributed by atoms with Crippen molar-refractivity contribution in [2.24, 2.45) is 0 Å². The highest BCUT2D eigenvalue weighted by Crippen LogP contribution is 2.26. The summed E-state index contributed by atoms with van der Waals surface area (Å²) in [5, 5.41) is 4.81. The first-order valence-electron chi connectivity index (χ1n) is 9.30. The van der Waals surface area contributed by atoms with E-state index in [4.69, 9.17) is 0 Å². The molecule has 0 amide bonds. The number of aryl methyl sites for hydroxylation is 1. The Bertz CT molecular complexity index is 950. The third-order valence-corrected chi connectivity index (χ3v) is 6.55. The van der Waals surface area contributed by atoms with Crippen LogP contribution in [-0.4, -0.2) is 49.3 Å². The average molecular weight is 385 g/mol. The second-order valence-corrected chi connectivity index (χ2v) is 9.16. The van der Waals surface area contributed by atoms with Crippen molar-refractivity contribution in [1.29, 1.82) is 0 Å². The fourth-order valence-corrected chi connectivity index (χ4v) is 5.01. The molecule has 1 aromatic heterocycles. The molecule has 0 aliphatic carbocycles. The smallest absolute Gasteiger partial charge is 0.173 e. The highest BCUT2D eigenvalue weighted by Gasteiger charge is 2.26. The van der Waals surface area contributed by atoms with Gasteiger partial charge in [-0.05, 0) is 38.0 Å². The molecule has 0 bridgehead atoms. The molecule has 2 aliphatic heterocycles. The molecule has 0 unspecified atom stereocenters. The zero-order chi connectivity index (χ0) is 18.9. The first kappa shape index (κ1) is 18.1. The number of rotatable bonds is 4. The summed E-state index contributed by atoms with van der Waals surface area (Å²) in [6, 6.07) is 10.7. The number of nitrogens with zero attached hydrogens (tertiary/aromatic N) is 3. The summed E-state index contributed by atoms with van der Waals surface area (Å²) < 4.78 is 23.1. The van der Waals surface area contributed by atoms with Crippen molar-refractivity contribution >= 4 is 15.5 Å². The van der Waals surface area contributed by atoms with Crippen LogP contribution in [0, 0.1) is 6.92 Å². The predicted molar refractivity (Wildman–Crippen MR) is 107 cm³/mol. The summed E-state index contributed by atoms with van der Waals surface area (Å²) in [7, 11) is -3.00. The Morgan fingerprint density at radius 1 is 1.19 bits per heavy atom. The number of nitrogens with one attached hydrogen (secondary N) is 1. The number of sulfone groups is 1. The molecule has 7 heteroatoms. The van der Waals surface area contributed by atoms with Crippen molar-refractivity contribution in [2.45, 2.75) is 31.8 Å². The van der Waals surface area contributed by atoms with Crippen LogP contribution in [0.1, 0.15) is 18.7 Å². The lowest BCUT2D eigenvalue weighted by molar-refractivity contribution is 0.401. The maximum Gasteiger partial charge on any atom is 0.173 e. The molecule has 0 saturated carbocycles. The van der Waals surface area contributed by atoms with Crippen LogP contribution in [0.2, 0.25) is 0 Å². The molecule has 1 fully saturated rings. The van der Waals surface area contributed by atoms with Crippen LogP contribution in [0.4, 0.5) is 5.69 Å². The summed E-state index contributed by atoms with van der Waals surface area (Å²) in [4.78, 5) is 11.1. The normalized spacial score (nSPS) is 22.3. The number of anilines is 1. The lowest BCUT2D eigenvalue weighted by Crippen LogP contribution is -2.46. The minimum atomic E-state index is -3.00. The number of hydrogen-bond acceptors (Lipinski definition) is 6. The summed E-state index contributed by atoms with van der Waals surface area (Å²) in [5.41, 5.74) is 3.24. The number of hydrogen-bond donors (Lipinski definition) is 1. The van der Waals surface area contributed by atoms with Crippen LogP contribution in [0.3, 0.4) is 0 Å². The van der Waals surface area contributed by atoms with E-state index in [9.17, 15) is 8.42 Å². The standard InChI is InChI=1S/C20H24N4O2S/c1-15-21-9-5-20(22-15)16-3-2-4-19(13-16)24-10-6-17(7-11-24)23-18-8-12-27(25,26)14-18/h2-5,8-9,12-13,17-18,23H,6-7,10-11,14H2,1H3/t18-/m0/s1. The Labute approximate surface area is 160 Å². The average Bonchev–Trinajstić information content (AvgIpc) is 3.01. The van der Waals surface area contributed by atoms with E-state index in [1.165, 1.54) is 11.1 Å². The van der Waals surface area contributed by atoms with Crippen LogP contribution in [-0.2, 0) is 9.84 Å². The highest BCUT2D eigenvalue weighted by atomic mass is 32.2.